The molecule has 6 heteroatoms. The van der Waals surface area contributed by atoms with Crippen molar-refractivity contribution in [1.82, 2.24) is 15.0 Å². The second-order valence-electron chi connectivity index (χ2n) is 6.15. The second-order valence-corrected chi connectivity index (χ2v) is 6.15. The molecule has 1 aliphatic rings. The molecule has 1 atom stereocenters. The molecule has 0 radical (unpaired) electrons. The van der Waals surface area contributed by atoms with Crippen LogP contribution in [0.4, 0.5) is 5.82 Å². The lowest BCUT2D eigenvalue weighted by Crippen LogP contribution is -2.16. The molecule has 2 aromatic heterocycles. The van der Waals surface area contributed by atoms with Gasteiger partial charge in [0.1, 0.15) is 18.2 Å². The monoisotopic (exact) mass is 336 g/mol. The first kappa shape index (κ1) is 15.8. The Morgan fingerprint density at radius 2 is 2.20 bits per heavy atom. The van der Waals surface area contributed by atoms with Crippen LogP contribution in [0, 0.1) is 6.92 Å². The number of anilines is 1. The molecule has 3 heterocycles. The van der Waals surface area contributed by atoms with Crippen LogP contribution in [-0.4, -0.2) is 34.3 Å². The van der Waals surface area contributed by atoms with Gasteiger partial charge in [0.2, 0.25) is 5.88 Å². The Bertz CT molecular complexity index is 873. The summed E-state index contributed by atoms with van der Waals surface area (Å²) in [4.78, 5) is 13.0. The van der Waals surface area contributed by atoms with Crippen LogP contribution in [0.15, 0.2) is 42.9 Å². The van der Waals surface area contributed by atoms with Crippen molar-refractivity contribution in [3.05, 3.63) is 54.0 Å². The molecule has 1 fully saturated rings. The summed E-state index contributed by atoms with van der Waals surface area (Å²) in [5.41, 5.74) is 3.18. The summed E-state index contributed by atoms with van der Waals surface area (Å²) in [7, 11) is 0. The van der Waals surface area contributed by atoms with E-state index in [-0.39, 0.29) is 6.10 Å². The van der Waals surface area contributed by atoms with E-state index in [0.29, 0.717) is 19.0 Å². The van der Waals surface area contributed by atoms with Crippen LogP contribution in [-0.2, 0) is 11.3 Å². The lowest BCUT2D eigenvalue weighted by Gasteiger charge is -2.13. The van der Waals surface area contributed by atoms with Gasteiger partial charge in [-0.05, 0) is 30.2 Å². The minimum atomic E-state index is 0.101. The van der Waals surface area contributed by atoms with Gasteiger partial charge in [-0.15, -0.1) is 0 Å². The van der Waals surface area contributed by atoms with Crippen LogP contribution < -0.4 is 10.1 Å². The van der Waals surface area contributed by atoms with Crippen LogP contribution in [0.25, 0.3) is 10.9 Å². The zero-order valence-electron chi connectivity index (χ0n) is 14.1. The Balaban J connectivity index is 1.50. The standard InChI is InChI=1S/C19H20N4O2/c1-13-3-2-4-16-18(13)19(23-12-22-16)21-10-14-5-7-20-17(9-14)25-15-6-8-24-11-15/h2-5,7,9,12,15H,6,8,10-11H2,1H3,(H,21,22,23). The molecular weight excluding hydrogens is 316 g/mol. The van der Waals surface area contributed by atoms with Crippen molar-refractivity contribution in [2.45, 2.75) is 26.0 Å². The Labute approximate surface area is 146 Å². The number of hydrogen-bond donors (Lipinski definition) is 1. The predicted molar refractivity (Wildman–Crippen MR) is 95.7 cm³/mol. The summed E-state index contributed by atoms with van der Waals surface area (Å²) in [6.45, 7) is 4.10. The molecule has 128 valence electrons. The number of pyridine rings is 1. The number of aryl methyl sites for hydroxylation is 1. The van der Waals surface area contributed by atoms with Crippen LogP contribution in [0.2, 0.25) is 0 Å². The summed E-state index contributed by atoms with van der Waals surface area (Å²) >= 11 is 0. The highest BCUT2D eigenvalue weighted by Gasteiger charge is 2.17. The highest BCUT2D eigenvalue weighted by molar-refractivity contribution is 5.91. The molecular formula is C19H20N4O2. The van der Waals surface area contributed by atoms with E-state index in [9.17, 15) is 0 Å². The van der Waals surface area contributed by atoms with Gasteiger partial charge >= 0.3 is 0 Å². The number of nitrogens with zero attached hydrogens (tertiary/aromatic N) is 3. The molecule has 0 spiro atoms. The van der Waals surface area contributed by atoms with Crippen molar-refractivity contribution in [3.8, 4) is 5.88 Å². The fraction of sp³-hybridized carbons (Fsp3) is 0.316. The van der Waals surface area contributed by atoms with E-state index in [2.05, 4.69) is 33.3 Å². The third kappa shape index (κ3) is 3.53. The molecule has 1 unspecified atom stereocenters. The Kier molecular flexibility index (Phi) is 4.43. The van der Waals surface area contributed by atoms with Crippen molar-refractivity contribution in [2.75, 3.05) is 18.5 Å². The summed E-state index contributed by atoms with van der Waals surface area (Å²) in [5.74, 6) is 1.48. The number of benzene rings is 1. The third-order valence-electron chi connectivity index (χ3n) is 4.31. The quantitative estimate of drug-likeness (QED) is 0.772. The first-order chi connectivity index (χ1) is 12.3. The van der Waals surface area contributed by atoms with E-state index in [4.69, 9.17) is 9.47 Å². The SMILES string of the molecule is Cc1cccc2ncnc(NCc3ccnc(OC4CCOC4)c3)c12. The van der Waals surface area contributed by atoms with Crippen molar-refractivity contribution >= 4 is 16.7 Å². The molecule has 1 aromatic carbocycles. The Hall–Kier alpha value is -2.73. The molecule has 6 nitrogen and oxygen atoms in total. The molecule has 0 bridgehead atoms. The van der Waals surface area contributed by atoms with Crippen molar-refractivity contribution in [1.29, 1.82) is 0 Å². The zero-order valence-corrected chi connectivity index (χ0v) is 14.1. The van der Waals surface area contributed by atoms with E-state index in [0.717, 1.165) is 40.9 Å². The number of hydrogen-bond acceptors (Lipinski definition) is 6. The van der Waals surface area contributed by atoms with E-state index in [1.807, 2.05) is 24.3 Å². The van der Waals surface area contributed by atoms with Gasteiger partial charge in [0, 0.05) is 30.6 Å². The second kappa shape index (κ2) is 7.03. The molecule has 0 amide bonds. The van der Waals surface area contributed by atoms with E-state index >= 15 is 0 Å². The summed E-state index contributed by atoms with van der Waals surface area (Å²) in [6.07, 6.45) is 4.37. The fourth-order valence-electron chi connectivity index (χ4n) is 3.00. The fourth-order valence-corrected chi connectivity index (χ4v) is 3.00. The largest absolute Gasteiger partial charge is 0.472 e. The molecule has 0 aliphatic carbocycles. The van der Waals surface area contributed by atoms with Crippen molar-refractivity contribution in [3.63, 3.8) is 0 Å². The minimum absolute atomic E-state index is 0.101. The molecule has 0 saturated carbocycles. The van der Waals surface area contributed by atoms with Gasteiger partial charge in [-0.1, -0.05) is 12.1 Å². The first-order valence-corrected chi connectivity index (χ1v) is 8.43. The number of rotatable bonds is 5. The topological polar surface area (TPSA) is 69.2 Å². The average molecular weight is 336 g/mol. The number of ether oxygens (including phenoxy) is 2. The molecule has 4 rings (SSSR count). The maximum atomic E-state index is 5.87. The predicted octanol–water partition coefficient (Wildman–Crippen LogP) is 3.11. The minimum Gasteiger partial charge on any atom is -0.472 e. The highest BCUT2D eigenvalue weighted by Crippen LogP contribution is 2.23. The number of fused-ring (bicyclic) bond motifs is 1. The van der Waals surface area contributed by atoms with Crippen molar-refractivity contribution in [2.24, 2.45) is 0 Å². The normalized spacial score (nSPS) is 16.9. The van der Waals surface area contributed by atoms with Crippen LogP contribution in [0.5, 0.6) is 5.88 Å². The lowest BCUT2D eigenvalue weighted by molar-refractivity contribution is 0.138. The number of aromatic nitrogens is 3. The summed E-state index contributed by atoms with van der Waals surface area (Å²) in [5, 5.41) is 4.46. The van der Waals surface area contributed by atoms with Crippen LogP contribution in [0.3, 0.4) is 0 Å². The van der Waals surface area contributed by atoms with Gasteiger partial charge in [0.15, 0.2) is 0 Å². The molecule has 1 saturated heterocycles. The molecule has 1 aliphatic heterocycles. The number of nitrogens with one attached hydrogen (secondary N) is 1. The van der Waals surface area contributed by atoms with Gasteiger partial charge in [0.05, 0.1) is 18.7 Å². The van der Waals surface area contributed by atoms with Gasteiger partial charge in [-0.3, -0.25) is 0 Å². The third-order valence-corrected chi connectivity index (χ3v) is 4.31. The van der Waals surface area contributed by atoms with Gasteiger partial charge in [-0.2, -0.15) is 0 Å². The van der Waals surface area contributed by atoms with E-state index in [1.165, 1.54) is 0 Å². The first-order valence-electron chi connectivity index (χ1n) is 8.43. The van der Waals surface area contributed by atoms with E-state index < -0.39 is 0 Å². The van der Waals surface area contributed by atoms with E-state index in [1.54, 1.807) is 12.5 Å². The van der Waals surface area contributed by atoms with Crippen LogP contribution >= 0.6 is 0 Å². The highest BCUT2D eigenvalue weighted by atomic mass is 16.5. The summed E-state index contributed by atoms with van der Waals surface area (Å²) < 4.78 is 11.2. The Morgan fingerprint density at radius 3 is 3.08 bits per heavy atom. The van der Waals surface area contributed by atoms with Crippen LogP contribution in [0.1, 0.15) is 17.5 Å². The molecule has 3 aromatic rings. The zero-order chi connectivity index (χ0) is 17.1. The van der Waals surface area contributed by atoms with Crippen molar-refractivity contribution < 1.29 is 9.47 Å². The smallest absolute Gasteiger partial charge is 0.213 e. The molecule has 1 N–H and O–H groups in total. The Morgan fingerprint density at radius 1 is 1.24 bits per heavy atom. The van der Waals surface area contributed by atoms with Gasteiger partial charge < -0.3 is 14.8 Å². The maximum absolute atomic E-state index is 5.87. The van der Waals surface area contributed by atoms with Gasteiger partial charge in [0.25, 0.3) is 0 Å². The average Bonchev–Trinajstić information content (AvgIpc) is 3.13. The van der Waals surface area contributed by atoms with Gasteiger partial charge in [-0.25, -0.2) is 15.0 Å². The molecule has 25 heavy (non-hydrogen) atoms. The lowest BCUT2D eigenvalue weighted by atomic mass is 10.1. The summed E-state index contributed by atoms with van der Waals surface area (Å²) in [6, 6.07) is 10.0. The maximum Gasteiger partial charge on any atom is 0.213 e.